The van der Waals surface area contributed by atoms with Crippen molar-refractivity contribution in [2.24, 2.45) is 5.73 Å². The first kappa shape index (κ1) is 16.0. The van der Waals surface area contributed by atoms with Crippen LogP contribution in [0.3, 0.4) is 0 Å². The van der Waals surface area contributed by atoms with Gasteiger partial charge in [0.2, 0.25) is 5.91 Å². The van der Waals surface area contributed by atoms with Crippen LogP contribution in [0.1, 0.15) is 0 Å². The van der Waals surface area contributed by atoms with Crippen molar-refractivity contribution in [2.75, 3.05) is 12.9 Å². The molecular formula is C16H14N4O3S. The highest BCUT2D eigenvalue weighted by atomic mass is 32.2. The molecule has 0 atom stereocenters. The second-order valence-corrected chi connectivity index (χ2v) is 5.81. The number of nitrogens with zero attached hydrogens (tertiary/aromatic N) is 3. The highest BCUT2D eigenvalue weighted by Gasteiger charge is 2.15. The zero-order valence-corrected chi connectivity index (χ0v) is 13.6. The Kier molecular flexibility index (Phi) is 4.48. The molecule has 8 heteroatoms. The molecule has 7 nitrogen and oxygen atoms in total. The molecule has 3 aromatic rings. The number of primary amides is 1. The maximum atomic E-state index is 12.9. The summed E-state index contributed by atoms with van der Waals surface area (Å²) in [7, 11) is 1.55. The minimum Gasteiger partial charge on any atom is -0.497 e. The normalized spacial score (nSPS) is 10.7. The number of methoxy groups -OCH3 is 1. The average molecular weight is 342 g/mol. The SMILES string of the molecule is COc1cccc(-n2c(SCC(N)=O)nc3ncccc3c2=O)c1. The van der Waals surface area contributed by atoms with Crippen LogP contribution in [-0.2, 0) is 4.79 Å². The van der Waals surface area contributed by atoms with Gasteiger partial charge in [-0.2, -0.15) is 0 Å². The Morgan fingerprint density at radius 3 is 2.92 bits per heavy atom. The van der Waals surface area contributed by atoms with Crippen molar-refractivity contribution >= 4 is 28.7 Å². The Balaban J connectivity index is 2.26. The predicted molar refractivity (Wildman–Crippen MR) is 91.6 cm³/mol. The summed E-state index contributed by atoms with van der Waals surface area (Å²) in [4.78, 5) is 32.6. The molecule has 0 radical (unpaired) electrons. The third-order valence-electron chi connectivity index (χ3n) is 3.27. The van der Waals surface area contributed by atoms with Gasteiger partial charge in [0.05, 0.1) is 23.9 Å². The van der Waals surface area contributed by atoms with Gasteiger partial charge in [0.1, 0.15) is 5.75 Å². The molecule has 1 amide bonds. The molecule has 0 spiro atoms. The summed E-state index contributed by atoms with van der Waals surface area (Å²) in [5.74, 6) is 0.124. The molecule has 2 aromatic heterocycles. The number of thioether (sulfide) groups is 1. The van der Waals surface area contributed by atoms with Gasteiger partial charge in [-0.25, -0.2) is 9.97 Å². The van der Waals surface area contributed by atoms with E-state index in [9.17, 15) is 9.59 Å². The van der Waals surface area contributed by atoms with E-state index in [1.807, 2.05) is 0 Å². The number of nitrogens with two attached hydrogens (primary N) is 1. The van der Waals surface area contributed by atoms with Crippen LogP contribution in [0.15, 0.2) is 52.5 Å². The molecule has 0 fully saturated rings. The lowest BCUT2D eigenvalue weighted by atomic mass is 10.3. The minimum absolute atomic E-state index is 0.00868. The summed E-state index contributed by atoms with van der Waals surface area (Å²) in [5, 5.41) is 0.738. The highest BCUT2D eigenvalue weighted by molar-refractivity contribution is 7.99. The number of ether oxygens (including phenoxy) is 1. The second-order valence-electron chi connectivity index (χ2n) is 4.87. The zero-order valence-electron chi connectivity index (χ0n) is 12.8. The number of carbonyl (C=O) groups excluding carboxylic acids is 1. The van der Waals surface area contributed by atoms with E-state index in [-0.39, 0.29) is 11.3 Å². The quantitative estimate of drug-likeness (QED) is 0.555. The molecule has 24 heavy (non-hydrogen) atoms. The van der Waals surface area contributed by atoms with E-state index in [4.69, 9.17) is 10.5 Å². The van der Waals surface area contributed by atoms with E-state index < -0.39 is 5.91 Å². The average Bonchev–Trinajstić information content (AvgIpc) is 2.60. The molecule has 0 saturated heterocycles. The van der Waals surface area contributed by atoms with Crippen molar-refractivity contribution in [2.45, 2.75) is 5.16 Å². The first-order valence-electron chi connectivity index (χ1n) is 7.03. The van der Waals surface area contributed by atoms with Crippen molar-refractivity contribution in [1.29, 1.82) is 0 Å². The lowest BCUT2D eigenvalue weighted by Crippen LogP contribution is -2.23. The van der Waals surface area contributed by atoms with Gasteiger partial charge in [-0.1, -0.05) is 17.8 Å². The number of hydrogen-bond acceptors (Lipinski definition) is 6. The van der Waals surface area contributed by atoms with Crippen molar-refractivity contribution in [3.8, 4) is 11.4 Å². The molecule has 2 N–H and O–H groups in total. The van der Waals surface area contributed by atoms with Gasteiger partial charge < -0.3 is 10.5 Å². The number of aromatic nitrogens is 3. The number of fused-ring (bicyclic) bond motifs is 1. The fourth-order valence-corrected chi connectivity index (χ4v) is 2.95. The Morgan fingerprint density at radius 2 is 2.17 bits per heavy atom. The monoisotopic (exact) mass is 342 g/mol. The summed E-state index contributed by atoms with van der Waals surface area (Å²) in [6.45, 7) is 0. The number of rotatable bonds is 5. The maximum Gasteiger partial charge on any atom is 0.268 e. The minimum atomic E-state index is -0.493. The summed E-state index contributed by atoms with van der Waals surface area (Å²) >= 11 is 1.09. The van der Waals surface area contributed by atoms with E-state index in [0.29, 0.717) is 27.6 Å². The molecule has 0 aliphatic carbocycles. The Morgan fingerprint density at radius 1 is 1.33 bits per heavy atom. The smallest absolute Gasteiger partial charge is 0.268 e. The van der Waals surface area contributed by atoms with Crippen LogP contribution in [0.4, 0.5) is 0 Å². The third kappa shape index (κ3) is 3.09. The number of amides is 1. The van der Waals surface area contributed by atoms with Gasteiger partial charge in [0, 0.05) is 12.3 Å². The van der Waals surface area contributed by atoms with Gasteiger partial charge in [-0.15, -0.1) is 0 Å². The van der Waals surface area contributed by atoms with Crippen molar-refractivity contribution in [3.05, 3.63) is 52.9 Å². The van der Waals surface area contributed by atoms with Gasteiger partial charge >= 0.3 is 0 Å². The Hall–Kier alpha value is -2.87. The van der Waals surface area contributed by atoms with Crippen LogP contribution >= 0.6 is 11.8 Å². The third-order valence-corrected chi connectivity index (χ3v) is 4.23. The van der Waals surface area contributed by atoms with Crippen LogP contribution in [0.2, 0.25) is 0 Å². The lowest BCUT2D eigenvalue weighted by Gasteiger charge is -2.13. The number of carbonyl (C=O) groups is 1. The van der Waals surface area contributed by atoms with Crippen LogP contribution < -0.4 is 16.0 Å². The fraction of sp³-hybridized carbons (Fsp3) is 0.125. The van der Waals surface area contributed by atoms with Crippen LogP contribution in [-0.4, -0.2) is 33.3 Å². The largest absolute Gasteiger partial charge is 0.497 e. The molecule has 1 aromatic carbocycles. The summed E-state index contributed by atoms with van der Waals surface area (Å²) in [6.07, 6.45) is 1.56. The van der Waals surface area contributed by atoms with Crippen molar-refractivity contribution in [3.63, 3.8) is 0 Å². The van der Waals surface area contributed by atoms with Crippen LogP contribution in [0.5, 0.6) is 5.75 Å². The first-order valence-corrected chi connectivity index (χ1v) is 8.02. The van der Waals surface area contributed by atoms with E-state index in [0.717, 1.165) is 11.8 Å². The van der Waals surface area contributed by atoms with Gasteiger partial charge in [-0.05, 0) is 24.3 Å². The van der Waals surface area contributed by atoms with Gasteiger partial charge in [-0.3, -0.25) is 14.2 Å². The van der Waals surface area contributed by atoms with E-state index in [1.54, 1.807) is 49.7 Å². The summed E-state index contributed by atoms with van der Waals surface area (Å²) in [6, 6.07) is 10.4. The number of hydrogen-bond donors (Lipinski definition) is 1. The van der Waals surface area contributed by atoms with E-state index in [2.05, 4.69) is 9.97 Å². The molecule has 0 aliphatic rings. The first-order chi connectivity index (χ1) is 11.6. The van der Waals surface area contributed by atoms with Gasteiger partial charge in [0.15, 0.2) is 10.8 Å². The molecule has 3 rings (SSSR count). The van der Waals surface area contributed by atoms with E-state index >= 15 is 0 Å². The predicted octanol–water partition coefficient (Wildman–Crippen LogP) is 1.37. The lowest BCUT2D eigenvalue weighted by molar-refractivity contribution is -0.115. The van der Waals surface area contributed by atoms with Crippen LogP contribution in [0.25, 0.3) is 16.7 Å². The second kappa shape index (κ2) is 6.71. The fourth-order valence-electron chi connectivity index (χ4n) is 2.21. The maximum absolute atomic E-state index is 12.9. The summed E-state index contributed by atoms with van der Waals surface area (Å²) < 4.78 is 6.64. The number of pyridine rings is 1. The topological polar surface area (TPSA) is 100 Å². The summed E-state index contributed by atoms with van der Waals surface area (Å²) in [5.41, 5.74) is 5.86. The van der Waals surface area contributed by atoms with Crippen molar-refractivity contribution < 1.29 is 9.53 Å². The zero-order chi connectivity index (χ0) is 17.1. The Bertz CT molecular complexity index is 971. The molecule has 2 heterocycles. The highest BCUT2D eigenvalue weighted by Crippen LogP contribution is 2.22. The molecule has 122 valence electrons. The Labute approximate surface area is 141 Å². The van der Waals surface area contributed by atoms with Crippen molar-refractivity contribution in [1.82, 2.24) is 14.5 Å². The van der Waals surface area contributed by atoms with Crippen LogP contribution in [0, 0.1) is 0 Å². The molecule has 0 unspecified atom stereocenters. The molecule has 0 aliphatic heterocycles. The molecule has 0 saturated carbocycles. The molecular weight excluding hydrogens is 328 g/mol. The van der Waals surface area contributed by atoms with E-state index in [1.165, 1.54) is 4.57 Å². The molecule has 0 bridgehead atoms. The standard InChI is InChI=1S/C16H14N4O3S/c1-23-11-5-2-4-10(8-11)20-15(22)12-6-3-7-18-14(12)19-16(20)24-9-13(17)21/h2-8H,9H2,1H3,(H2,17,21). The van der Waals surface area contributed by atoms with Gasteiger partial charge in [0.25, 0.3) is 5.56 Å². The number of benzene rings is 1.